The van der Waals surface area contributed by atoms with E-state index < -0.39 is 17.2 Å². The maximum atomic E-state index is 12.3. The van der Waals surface area contributed by atoms with Crippen molar-refractivity contribution in [3.05, 3.63) is 16.3 Å². The zero-order valence-electron chi connectivity index (χ0n) is 19.2. The van der Waals surface area contributed by atoms with Crippen molar-refractivity contribution in [2.45, 2.75) is 84.5 Å². The molecule has 0 radical (unpaired) electrons. The third-order valence-electron chi connectivity index (χ3n) is 4.63. The van der Waals surface area contributed by atoms with Gasteiger partial charge in [0.25, 0.3) is 0 Å². The smallest absolute Gasteiger partial charge is 0.408 e. The molecule has 0 saturated carbocycles. The molecule has 2 heterocycles. The molecule has 10 nitrogen and oxygen atoms in total. The van der Waals surface area contributed by atoms with E-state index >= 15 is 0 Å². The minimum atomic E-state index is -0.540. The Hall–Kier alpha value is -2.52. The summed E-state index contributed by atoms with van der Waals surface area (Å²) < 4.78 is 8.66. The van der Waals surface area contributed by atoms with Crippen LogP contribution in [0, 0.1) is 0 Å². The molecule has 1 amide bonds. The Labute approximate surface area is 178 Å². The molecule has 170 valence electrons. The molecule has 1 aliphatic heterocycles. The lowest BCUT2D eigenvalue weighted by atomic mass is 10.1. The van der Waals surface area contributed by atoms with Gasteiger partial charge in [-0.2, -0.15) is 5.10 Å². The minimum Gasteiger partial charge on any atom is -0.444 e. The number of hydrogen-bond acceptors (Lipinski definition) is 5. The van der Waals surface area contributed by atoms with Gasteiger partial charge in [-0.25, -0.2) is 14.3 Å². The third-order valence-corrected chi connectivity index (χ3v) is 4.63. The van der Waals surface area contributed by atoms with Crippen LogP contribution < -0.4 is 21.6 Å². The summed E-state index contributed by atoms with van der Waals surface area (Å²) in [6, 6.07) is 0. The fourth-order valence-electron chi connectivity index (χ4n) is 3.18. The maximum Gasteiger partial charge on any atom is 0.408 e. The fraction of sp³-hybridized carbons (Fsp3) is 0.800. The molecule has 0 unspecified atom stereocenters. The Balaban J connectivity index is 1.74. The minimum absolute atomic E-state index is 0.0119. The quantitative estimate of drug-likeness (QED) is 0.345. The second kappa shape index (κ2) is 9.99. The summed E-state index contributed by atoms with van der Waals surface area (Å²) >= 11 is 0. The molecule has 10 heteroatoms. The van der Waals surface area contributed by atoms with Gasteiger partial charge in [0.15, 0.2) is 5.96 Å². The van der Waals surface area contributed by atoms with Gasteiger partial charge in [-0.15, -0.1) is 0 Å². The number of hydrogen-bond donors (Lipinski definition) is 3. The molecule has 1 aromatic heterocycles. The number of carbonyl (C=O) groups excluding carboxylic acids is 1. The number of fused-ring (bicyclic) bond motifs is 1. The topological polar surface area (TPSA) is 115 Å². The Morgan fingerprint density at radius 2 is 1.93 bits per heavy atom. The Kier molecular flexibility index (Phi) is 7.91. The van der Waals surface area contributed by atoms with Crippen LogP contribution in [0.4, 0.5) is 4.79 Å². The highest BCUT2D eigenvalue weighted by Gasteiger charge is 2.24. The second-order valence-electron chi connectivity index (χ2n) is 9.25. The van der Waals surface area contributed by atoms with Crippen molar-refractivity contribution in [3.63, 3.8) is 0 Å². The van der Waals surface area contributed by atoms with Crippen LogP contribution in [-0.2, 0) is 24.2 Å². The maximum absolute atomic E-state index is 12.3. The Bertz CT molecular complexity index is 802. The van der Waals surface area contributed by atoms with E-state index in [1.807, 2.05) is 34.6 Å². The van der Waals surface area contributed by atoms with Crippen molar-refractivity contribution >= 4 is 12.1 Å². The van der Waals surface area contributed by atoms with Crippen molar-refractivity contribution in [3.8, 4) is 0 Å². The molecule has 30 heavy (non-hydrogen) atoms. The molecule has 0 fully saturated rings. The predicted octanol–water partition coefficient (Wildman–Crippen LogP) is 1.24. The molecule has 3 N–H and O–H groups in total. The highest BCUT2D eigenvalue weighted by molar-refractivity contribution is 5.79. The molecule has 0 spiro atoms. The predicted molar refractivity (Wildman–Crippen MR) is 117 cm³/mol. The first-order valence-electron chi connectivity index (χ1n) is 10.6. The van der Waals surface area contributed by atoms with Crippen molar-refractivity contribution in [2.75, 3.05) is 20.1 Å². The summed E-state index contributed by atoms with van der Waals surface area (Å²) in [6.07, 6.45) is 3.31. The van der Waals surface area contributed by atoms with E-state index in [-0.39, 0.29) is 5.69 Å². The number of carbonyl (C=O) groups is 1. The van der Waals surface area contributed by atoms with E-state index in [2.05, 4.69) is 26.0 Å². The monoisotopic (exact) mass is 423 g/mol. The van der Waals surface area contributed by atoms with Crippen LogP contribution >= 0.6 is 0 Å². The van der Waals surface area contributed by atoms with Gasteiger partial charge in [-0.1, -0.05) is 0 Å². The summed E-state index contributed by atoms with van der Waals surface area (Å²) in [5.74, 6) is 1.53. The zero-order valence-corrected chi connectivity index (χ0v) is 19.2. The molecule has 0 aliphatic carbocycles. The highest BCUT2D eigenvalue weighted by atomic mass is 16.6. The largest absolute Gasteiger partial charge is 0.444 e. The number of rotatable bonds is 7. The Morgan fingerprint density at radius 1 is 1.20 bits per heavy atom. The van der Waals surface area contributed by atoms with Crippen molar-refractivity contribution in [2.24, 2.45) is 4.99 Å². The van der Waals surface area contributed by atoms with Crippen molar-refractivity contribution in [1.29, 1.82) is 0 Å². The van der Waals surface area contributed by atoms with E-state index in [0.29, 0.717) is 25.6 Å². The summed E-state index contributed by atoms with van der Waals surface area (Å²) in [5, 5.41) is 13.7. The first-order chi connectivity index (χ1) is 14.0. The third kappa shape index (κ3) is 7.38. The van der Waals surface area contributed by atoms with Gasteiger partial charge >= 0.3 is 11.8 Å². The van der Waals surface area contributed by atoms with Crippen molar-refractivity contribution in [1.82, 2.24) is 30.3 Å². The van der Waals surface area contributed by atoms with Crippen LogP contribution in [0.25, 0.3) is 0 Å². The number of aliphatic imine (C=N–C) groups is 1. The number of alkyl carbamates (subject to hydrolysis) is 1. The van der Waals surface area contributed by atoms with Crippen molar-refractivity contribution < 1.29 is 9.53 Å². The number of nitrogens with zero attached hydrogens (tertiary/aromatic N) is 4. The van der Waals surface area contributed by atoms with E-state index in [0.717, 1.165) is 38.1 Å². The molecule has 0 saturated heterocycles. The average Bonchev–Trinajstić information content (AvgIpc) is 2.95. The van der Waals surface area contributed by atoms with Crippen LogP contribution in [0.1, 0.15) is 59.7 Å². The summed E-state index contributed by atoms with van der Waals surface area (Å²) in [7, 11) is 1.69. The van der Waals surface area contributed by atoms with E-state index in [1.54, 1.807) is 16.3 Å². The van der Waals surface area contributed by atoms with Crippen LogP contribution in [0.3, 0.4) is 0 Å². The highest BCUT2D eigenvalue weighted by Crippen LogP contribution is 2.10. The van der Waals surface area contributed by atoms with Crippen LogP contribution in [0.5, 0.6) is 0 Å². The van der Waals surface area contributed by atoms with E-state index in [1.165, 1.54) is 0 Å². The number of aryl methyl sites for hydroxylation is 2. The second-order valence-corrected chi connectivity index (χ2v) is 9.25. The van der Waals surface area contributed by atoms with Gasteiger partial charge < -0.3 is 20.7 Å². The first kappa shape index (κ1) is 23.8. The van der Waals surface area contributed by atoms with Crippen LogP contribution in [0.15, 0.2) is 9.79 Å². The number of amides is 1. The molecule has 0 atom stereocenters. The van der Waals surface area contributed by atoms with Gasteiger partial charge in [0.1, 0.15) is 11.4 Å². The number of nitrogens with one attached hydrogen (secondary N) is 3. The summed E-state index contributed by atoms with van der Waals surface area (Å²) in [4.78, 5) is 28.5. The molecule has 0 bridgehead atoms. The SMILES string of the molecule is CN=C(NCCCn1nc2n(c1=O)CCCC2)NCC(C)(C)NC(=O)OC(C)(C)C. The molecule has 0 aromatic carbocycles. The number of ether oxygens (including phenoxy) is 1. The summed E-state index contributed by atoms with van der Waals surface area (Å²) in [5.41, 5.74) is -1.08. The van der Waals surface area contributed by atoms with Crippen LogP contribution in [-0.4, -0.2) is 57.7 Å². The standard InChI is InChI=1S/C20H37N7O3/c1-19(2,3)30-17(28)24-20(4,5)14-23-16(21-6)22-11-9-13-27-18(29)26-12-8-7-10-15(26)25-27/h7-14H2,1-6H3,(H,24,28)(H2,21,22,23). The molecular formula is C20H37N7O3. The average molecular weight is 424 g/mol. The zero-order chi connectivity index (χ0) is 22.4. The molecule has 2 rings (SSSR count). The van der Waals surface area contributed by atoms with E-state index in [4.69, 9.17) is 4.74 Å². The van der Waals surface area contributed by atoms with Gasteiger partial charge in [0.05, 0.1) is 5.54 Å². The number of guanidine groups is 1. The lowest BCUT2D eigenvalue weighted by molar-refractivity contribution is 0.0474. The van der Waals surface area contributed by atoms with Gasteiger partial charge in [0, 0.05) is 39.6 Å². The van der Waals surface area contributed by atoms with Crippen LogP contribution in [0.2, 0.25) is 0 Å². The fourth-order valence-corrected chi connectivity index (χ4v) is 3.18. The lowest BCUT2D eigenvalue weighted by Crippen LogP contribution is -2.54. The van der Waals surface area contributed by atoms with Gasteiger partial charge in [-0.3, -0.25) is 9.56 Å². The lowest BCUT2D eigenvalue weighted by Gasteiger charge is -2.29. The molecule has 1 aliphatic rings. The normalized spacial score (nSPS) is 14.8. The Morgan fingerprint density at radius 3 is 2.57 bits per heavy atom. The molecule has 1 aromatic rings. The molecular weight excluding hydrogens is 386 g/mol. The summed E-state index contributed by atoms with van der Waals surface area (Å²) in [6.45, 7) is 11.8. The van der Waals surface area contributed by atoms with Gasteiger partial charge in [0.2, 0.25) is 0 Å². The number of aromatic nitrogens is 3. The van der Waals surface area contributed by atoms with Gasteiger partial charge in [-0.05, 0) is 53.9 Å². The first-order valence-corrected chi connectivity index (χ1v) is 10.6. The van der Waals surface area contributed by atoms with E-state index in [9.17, 15) is 9.59 Å².